The van der Waals surface area contributed by atoms with E-state index in [1.54, 1.807) is 19.3 Å². The Morgan fingerprint density at radius 1 is 1.29 bits per heavy atom. The zero-order valence-corrected chi connectivity index (χ0v) is 22.0. The largest absolute Gasteiger partial charge is 0.497 e. The van der Waals surface area contributed by atoms with Gasteiger partial charge in [0.2, 0.25) is 5.91 Å². The van der Waals surface area contributed by atoms with E-state index in [4.69, 9.17) is 16.6 Å². The Morgan fingerprint density at radius 2 is 1.94 bits per heavy atom. The molecule has 2 rings (SSSR count). The molecule has 3 amide bonds. The zero-order chi connectivity index (χ0) is 26.2. The standard InChI is InChI=1S/C27H34N4O3S/c1-8-10-11-21(9-2)35-23(29-17-19-12-14-20(34-7)15-13-19)16-22-24(28)31(18-27(3,4)5)26(33)30(6)25(22)32/h1,9-16,22,28-29H,17-18H2,2-7H3/b11-10-,21-9+,23-16-,28-24?. The summed E-state index contributed by atoms with van der Waals surface area (Å²) in [5, 5.41) is 12.8. The highest BCUT2D eigenvalue weighted by Gasteiger charge is 2.42. The normalized spacial score (nSPS) is 17.7. The fraction of sp³-hybridized carbons (Fsp3) is 0.370. The third-order valence-electron chi connectivity index (χ3n) is 5.13. The van der Waals surface area contributed by atoms with Crippen LogP contribution in [0.1, 0.15) is 33.3 Å². The molecule has 0 spiro atoms. The molecule has 0 saturated carbocycles. The van der Waals surface area contributed by atoms with Crippen molar-refractivity contribution in [1.29, 1.82) is 5.41 Å². The first-order valence-corrected chi connectivity index (χ1v) is 12.1. The molecule has 0 aliphatic carbocycles. The van der Waals surface area contributed by atoms with Gasteiger partial charge in [0, 0.05) is 25.0 Å². The van der Waals surface area contributed by atoms with Gasteiger partial charge in [-0.15, -0.1) is 6.42 Å². The second-order valence-corrected chi connectivity index (χ2v) is 10.3. The maximum atomic E-state index is 13.1. The molecular weight excluding hydrogens is 460 g/mol. The van der Waals surface area contributed by atoms with Gasteiger partial charge in [0.05, 0.1) is 12.1 Å². The van der Waals surface area contributed by atoms with Gasteiger partial charge in [0.15, 0.2) is 0 Å². The average molecular weight is 495 g/mol. The summed E-state index contributed by atoms with van der Waals surface area (Å²) in [6, 6.07) is 7.19. The van der Waals surface area contributed by atoms with Crippen LogP contribution in [0.2, 0.25) is 0 Å². The first-order chi connectivity index (χ1) is 16.5. The van der Waals surface area contributed by atoms with Gasteiger partial charge < -0.3 is 10.1 Å². The van der Waals surface area contributed by atoms with Crippen molar-refractivity contribution in [3.63, 3.8) is 0 Å². The number of allylic oxidation sites excluding steroid dienone is 3. The SMILES string of the molecule is C#C/C=C\C(=C/C)S/C(=C\C1C(=N)N(CC(C)(C)C)C(=O)N(C)C1=O)NCc1ccc(OC)cc1. The third-order valence-corrected chi connectivity index (χ3v) is 6.24. The van der Waals surface area contributed by atoms with Crippen LogP contribution in [-0.2, 0) is 11.3 Å². The summed E-state index contributed by atoms with van der Waals surface area (Å²) >= 11 is 1.40. The quantitative estimate of drug-likeness (QED) is 0.373. The van der Waals surface area contributed by atoms with Crippen molar-refractivity contribution < 1.29 is 14.3 Å². The van der Waals surface area contributed by atoms with Crippen molar-refractivity contribution in [3.05, 3.63) is 64.1 Å². The Labute approximate surface area is 212 Å². The number of hydrogen-bond donors (Lipinski definition) is 2. The van der Waals surface area contributed by atoms with Gasteiger partial charge in [0.1, 0.15) is 17.5 Å². The number of hydrogen-bond acceptors (Lipinski definition) is 6. The Morgan fingerprint density at radius 3 is 2.49 bits per heavy atom. The van der Waals surface area contributed by atoms with Gasteiger partial charge in [-0.2, -0.15) is 0 Å². The number of rotatable bonds is 9. The van der Waals surface area contributed by atoms with E-state index in [0.29, 0.717) is 18.1 Å². The van der Waals surface area contributed by atoms with E-state index in [9.17, 15) is 9.59 Å². The number of imide groups is 1. The fourth-order valence-electron chi connectivity index (χ4n) is 3.31. The summed E-state index contributed by atoms with van der Waals surface area (Å²) in [6.45, 7) is 8.69. The summed E-state index contributed by atoms with van der Waals surface area (Å²) < 4.78 is 5.22. The van der Waals surface area contributed by atoms with Crippen LogP contribution in [0.25, 0.3) is 0 Å². The van der Waals surface area contributed by atoms with Crippen LogP contribution in [0.4, 0.5) is 4.79 Å². The molecule has 0 radical (unpaired) electrons. The van der Waals surface area contributed by atoms with Crippen molar-refractivity contribution in [2.24, 2.45) is 11.3 Å². The van der Waals surface area contributed by atoms with Crippen molar-refractivity contribution in [2.75, 3.05) is 20.7 Å². The van der Waals surface area contributed by atoms with Crippen molar-refractivity contribution in [3.8, 4) is 18.1 Å². The summed E-state index contributed by atoms with van der Waals surface area (Å²) in [6.07, 6.45) is 12.4. The lowest BCUT2D eigenvalue weighted by molar-refractivity contribution is -0.129. The third kappa shape index (κ3) is 7.79. The minimum absolute atomic E-state index is 0.0291. The number of carbonyl (C=O) groups excluding carboxylic acids is 2. The monoisotopic (exact) mass is 494 g/mol. The molecule has 1 heterocycles. The highest BCUT2D eigenvalue weighted by molar-refractivity contribution is 8.06. The molecule has 1 saturated heterocycles. The highest BCUT2D eigenvalue weighted by Crippen LogP contribution is 2.29. The van der Waals surface area contributed by atoms with Crippen LogP contribution >= 0.6 is 11.8 Å². The molecule has 186 valence electrons. The minimum Gasteiger partial charge on any atom is -0.497 e. The first-order valence-electron chi connectivity index (χ1n) is 11.2. The molecule has 1 fully saturated rings. The summed E-state index contributed by atoms with van der Waals surface area (Å²) in [5.41, 5.74) is 0.782. The Kier molecular flexibility index (Phi) is 9.78. The smallest absolute Gasteiger partial charge is 0.331 e. The number of amides is 3. The maximum Gasteiger partial charge on any atom is 0.331 e. The fourth-order valence-corrected chi connectivity index (χ4v) is 4.16. The second kappa shape index (κ2) is 12.3. The molecule has 0 aromatic heterocycles. The van der Waals surface area contributed by atoms with Gasteiger partial charge in [-0.25, -0.2) is 4.79 Å². The summed E-state index contributed by atoms with van der Waals surface area (Å²) in [5.74, 6) is 1.88. The van der Waals surface area contributed by atoms with Crippen LogP contribution in [-0.4, -0.2) is 48.3 Å². The topological polar surface area (TPSA) is 85.7 Å². The lowest BCUT2D eigenvalue weighted by Crippen LogP contribution is -2.59. The van der Waals surface area contributed by atoms with Crippen molar-refractivity contribution >= 4 is 29.5 Å². The number of nitrogens with one attached hydrogen (secondary N) is 2. The minimum atomic E-state index is -0.902. The number of amidine groups is 1. The van der Waals surface area contributed by atoms with Gasteiger partial charge in [0.25, 0.3) is 0 Å². The van der Waals surface area contributed by atoms with E-state index in [1.165, 1.54) is 23.7 Å². The molecule has 1 unspecified atom stereocenters. The highest BCUT2D eigenvalue weighted by atomic mass is 32.2. The van der Waals surface area contributed by atoms with E-state index in [-0.39, 0.29) is 11.3 Å². The van der Waals surface area contributed by atoms with Crippen LogP contribution < -0.4 is 10.1 Å². The van der Waals surface area contributed by atoms with E-state index >= 15 is 0 Å². The molecule has 1 aliphatic rings. The number of thioether (sulfide) groups is 1. The zero-order valence-electron chi connectivity index (χ0n) is 21.2. The molecule has 35 heavy (non-hydrogen) atoms. The van der Waals surface area contributed by atoms with E-state index < -0.39 is 17.9 Å². The van der Waals surface area contributed by atoms with Crippen LogP contribution in [0.15, 0.2) is 58.5 Å². The maximum absolute atomic E-state index is 13.1. The number of methoxy groups -OCH3 is 1. The lowest BCUT2D eigenvalue weighted by atomic mass is 9.94. The Bertz CT molecular complexity index is 1080. The number of nitrogens with zero attached hydrogens (tertiary/aromatic N) is 2. The van der Waals surface area contributed by atoms with Crippen LogP contribution in [0.3, 0.4) is 0 Å². The number of ether oxygens (including phenoxy) is 1. The predicted octanol–water partition coefficient (Wildman–Crippen LogP) is 4.99. The van der Waals surface area contributed by atoms with Gasteiger partial charge in [-0.3, -0.25) is 20.0 Å². The Balaban J connectivity index is 2.39. The lowest BCUT2D eigenvalue weighted by Gasteiger charge is -2.39. The number of urea groups is 1. The second-order valence-electron chi connectivity index (χ2n) is 9.22. The van der Waals surface area contributed by atoms with Gasteiger partial charge in [-0.05, 0) is 48.3 Å². The number of terminal acetylenes is 1. The average Bonchev–Trinajstić information content (AvgIpc) is 2.83. The predicted molar refractivity (Wildman–Crippen MR) is 143 cm³/mol. The van der Waals surface area contributed by atoms with Gasteiger partial charge >= 0.3 is 6.03 Å². The molecule has 8 heteroatoms. The molecule has 1 aromatic rings. The summed E-state index contributed by atoms with van der Waals surface area (Å²) in [7, 11) is 3.08. The van der Waals surface area contributed by atoms with E-state index in [1.807, 2.05) is 64.1 Å². The van der Waals surface area contributed by atoms with Crippen LogP contribution in [0, 0.1) is 29.1 Å². The number of carbonyl (C=O) groups is 2. The molecule has 0 bridgehead atoms. The first kappa shape index (κ1) is 27.8. The number of benzene rings is 1. The van der Waals surface area contributed by atoms with Crippen LogP contribution in [0.5, 0.6) is 5.75 Å². The Hall–Kier alpha value is -3.44. The molecule has 1 aliphatic heterocycles. The molecular formula is C27H34N4O3S. The van der Waals surface area contributed by atoms with Crippen molar-refractivity contribution in [1.82, 2.24) is 15.1 Å². The summed E-state index contributed by atoms with van der Waals surface area (Å²) in [4.78, 5) is 29.2. The molecule has 1 atom stereocenters. The molecule has 7 nitrogen and oxygen atoms in total. The van der Waals surface area contributed by atoms with Crippen molar-refractivity contribution in [2.45, 2.75) is 34.2 Å². The molecule has 1 aromatic carbocycles. The van der Waals surface area contributed by atoms with E-state index in [2.05, 4.69) is 11.2 Å². The molecule has 2 N–H and O–H groups in total. The van der Waals surface area contributed by atoms with E-state index in [0.717, 1.165) is 21.1 Å². The van der Waals surface area contributed by atoms with Gasteiger partial charge in [-0.1, -0.05) is 56.7 Å².